The van der Waals surface area contributed by atoms with Crippen LogP contribution in [0.25, 0.3) is 0 Å². The normalized spacial score (nSPS) is 12.4. The number of hydrogen-bond donors (Lipinski definition) is 0. The molecule has 3 nitrogen and oxygen atoms in total. The topological polar surface area (TPSA) is 37.4 Å². The molecule has 0 N–H and O–H groups in total. The monoisotopic (exact) mass is 369 g/mol. The highest BCUT2D eigenvalue weighted by Crippen LogP contribution is 2.31. The molecule has 1 aromatic rings. The van der Waals surface area contributed by atoms with Gasteiger partial charge in [0.15, 0.2) is 5.82 Å². The summed E-state index contributed by atoms with van der Waals surface area (Å²) in [6, 6.07) is 1.94. The Bertz CT molecular complexity index is 583. The first-order chi connectivity index (χ1) is 9.21. The van der Waals surface area contributed by atoms with Gasteiger partial charge in [0.1, 0.15) is 4.90 Å². The average molecular weight is 371 g/mol. The van der Waals surface area contributed by atoms with Crippen LogP contribution in [0.3, 0.4) is 0 Å². The van der Waals surface area contributed by atoms with Crippen LogP contribution in [-0.4, -0.2) is 38.1 Å². The molecule has 0 atom stereocenters. The van der Waals surface area contributed by atoms with Crippen molar-refractivity contribution in [3.05, 3.63) is 28.0 Å². The molecule has 0 spiro atoms. The maximum absolute atomic E-state index is 13.5. The van der Waals surface area contributed by atoms with Gasteiger partial charge in [-0.2, -0.15) is 4.31 Å². The smallest absolute Gasteiger partial charge is 0.209 e. The summed E-state index contributed by atoms with van der Waals surface area (Å²) in [4.78, 5) is -0.633. The highest BCUT2D eigenvalue weighted by Gasteiger charge is 2.30. The van der Waals surface area contributed by atoms with Gasteiger partial charge in [-0.1, -0.05) is 23.2 Å². The van der Waals surface area contributed by atoms with Crippen molar-refractivity contribution in [1.29, 1.82) is 0 Å². The predicted molar refractivity (Wildman–Crippen MR) is 71.9 cm³/mol. The third-order valence-corrected chi connectivity index (χ3v) is 5.14. The van der Waals surface area contributed by atoms with Crippen molar-refractivity contribution in [3.8, 4) is 0 Å². The minimum absolute atomic E-state index is 0.195. The van der Waals surface area contributed by atoms with Crippen LogP contribution in [0, 0.1) is 5.82 Å². The average Bonchev–Trinajstić information content (AvgIpc) is 2.34. The number of nitrogens with zero attached hydrogens (tertiary/aromatic N) is 1. The van der Waals surface area contributed by atoms with E-state index >= 15 is 0 Å². The van der Waals surface area contributed by atoms with Crippen molar-refractivity contribution in [2.24, 2.45) is 0 Å². The Balaban J connectivity index is 3.30. The number of halogens is 6. The van der Waals surface area contributed by atoms with Gasteiger partial charge in [-0.05, 0) is 12.1 Å². The summed E-state index contributed by atoms with van der Waals surface area (Å²) in [6.45, 7) is -1.41. The van der Waals surface area contributed by atoms with Gasteiger partial charge in [0.2, 0.25) is 10.0 Å². The third-order valence-electron chi connectivity index (χ3n) is 2.29. The standard InChI is InChI=1S/C10H9Cl3F3NO2S/c11-3-4-17(5-8(14)15)20(18,19)7-2-1-6(12)10(16)9(7)13/h1-2,8H,3-5H2. The lowest BCUT2D eigenvalue weighted by molar-refractivity contribution is 0.121. The van der Waals surface area contributed by atoms with Crippen LogP contribution >= 0.6 is 34.8 Å². The Morgan fingerprint density at radius 1 is 1.25 bits per heavy atom. The maximum Gasteiger partial charge on any atom is 0.252 e. The highest BCUT2D eigenvalue weighted by molar-refractivity contribution is 7.89. The summed E-state index contributed by atoms with van der Waals surface area (Å²) < 4.78 is 63.2. The van der Waals surface area contributed by atoms with E-state index in [4.69, 9.17) is 34.8 Å². The molecule has 0 fully saturated rings. The van der Waals surface area contributed by atoms with Gasteiger partial charge < -0.3 is 0 Å². The SMILES string of the molecule is O=S(=O)(c1ccc(Cl)c(F)c1Cl)N(CCCl)CC(F)F. The first-order valence-corrected chi connectivity index (χ1v) is 7.92. The summed E-state index contributed by atoms with van der Waals surface area (Å²) in [7, 11) is -4.39. The van der Waals surface area contributed by atoms with E-state index in [2.05, 4.69) is 0 Å². The van der Waals surface area contributed by atoms with E-state index in [1.807, 2.05) is 0 Å². The zero-order chi connectivity index (χ0) is 15.5. The number of hydrogen-bond acceptors (Lipinski definition) is 2. The maximum atomic E-state index is 13.5. The Kier molecular flexibility index (Phi) is 6.40. The molecule has 0 radical (unpaired) electrons. The van der Waals surface area contributed by atoms with Gasteiger partial charge in [0.05, 0.1) is 16.6 Å². The molecule has 1 aromatic carbocycles. The molecule has 0 heterocycles. The third kappa shape index (κ3) is 3.92. The Morgan fingerprint density at radius 3 is 2.35 bits per heavy atom. The first-order valence-electron chi connectivity index (χ1n) is 5.19. The first kappa shape index (κ1) is 17.8. The van der Waals surface area contributed by atoms with E-state index in [0.717, 1.165) is 12.1 Å². The van der Waals surface area contributed by atoms with Crippen LogP contribution in [-0.2, 0) is 10.0 Å². The van der Waals surface area contributed by atoms with Crippen LogP contribution in [0.5, 0.6) is 0 Å². The molecular weight excluding hydrogens is 362 g/mol. The van der Waals surface area contributed by atoms with E-state index in [0.29, 0.717) is 4.31 Å². The summed E-state index contributed by atoms with van der Waals surface area (Å²) in [5.41, 5.74) is 0. The number of benzene rings is 1. The molecule has 10 heteroatoms. The van der Waals surface area contributed by atoms with Crippen LogP contribution < -0.4 is 0 Å². The van der Waals surface area contributed by atoms with Gasteiger partial charge in [-0.25, -0.2) is 21.6 Å². The van der Waals surface area contributed by atoms with Crippen molar-refractivity contribution in [3.63, 3.8) is 0 Å². The molecule has 0 unspecified atom stereocenters. The highest BCUT2D eigenvalue weighted by atomic mass is 35.5. The molecule has 0 bridgehead atoms. The zero-order valence-electron chi connectivity index (χ0n) is 9.79. The van der Waals surface area contributed by atoms with Crippen LogP contribution in [0.4, 0.5) is 13.2 Å². The Hall–Kier alpha value is -0.210. The van der Waals surface area contributed by atoms with E-state index in [1.165, 1.54) is 0 Å². The largest absolute Gasteiger partial charge is 0.252 e. The van der Waals surface area contributed by atoms with E-state index in [9.17, 15) is 21.6 Å². The summed E-state index contributed by atoms with van der Waals surface area (Å²) in [5.74, 6) is -1.32. The lowest BCUT2D eigenvalue weighted by atomic mass is 10.3. The molecule has 0 saturated heterocycles. The molecule has 1 rings (SSSR count). The lowest BCUT2D eigenvalue weighted by Crippen LogP contribution is -2.36. The minimum Gasteiger partial charge on any atom is -0.209 e. The summed E-state index contributed by atoms with van der Waals surface area (Å²) >= 11 is 16.4. The molecular formula is C10H9Cl3F3NO2S. The van der Waals surface area contributed by atoms with Crippen LogP contribution in [0.15, 0.2) is 17.0 Å². The lowest BCUT2D eigenvalue weighted by Gasteiger charge is -2.21. The molecule has 0 saturated carbocycles. The zero-order valence-corrected chi connectivity index (χ0v) is 12.9. The summed E-state index contributed by atoms with van der Waals surface area (Å²) in [6.07, 6.45) is -2.90. The molecule has 0 aliphatic carbocycles. The van der Waals surface area contributed by atoms with Gasteiger partial charge >= 0.3 is 0 Å². The quantitative estimate of drug-likeness (QED) is 0.566. The van der Waals surface area contributed by atoms with E-state index < -0.39 is 38.7 Å². The van der Waals surface area contributed by atoms with Crippen molar-refractivity contribution >= 4 is 44.8 Å². The van der Waals surface area contributed by atoms with Crippen molar-refractivity contribution in [1.82, 2.24) is 4.31 Å². The van der Waals surface area contributed by atoms with Crippen molar-refractivity contribution in [2.75, 3.05) is 19.0 Å². The minimum atomic E-state index is -4.39. The molecule has 114 valence electrons. The second kappa shape index (κ2) is 7.17. The predicted octanol–water partition coefficient (Wildman–Crippen LogP) is 3.63. The Labute approximate surface area is 129 Å². The molecule has 0 aliphatic rings. The fourth-order valence-corrected chi connectivity index (χ4v) is 3.85. The summed E-state index contributed by atoms with van der Waals surface area (Å²) in [5, 5.41) is -1.11. The fraction of sp³-hybridized carbons (Fsp3) is 0.400. The van der Waals surface area contributed by atoms with Crippen molar-refractivity contribution in [2.45, 2.75) is 11.3 Å². The fourth-order valence-electron chi connectivity index (χ4n) is 1.40. The number of sulfonamides is 1. The van der Waals surface area contributed by atoms with Gasteiger partial charge in [0, 0.05) is 12.4 Å². The van der Waals surface area contributed by atoms with Crippen LogP contribution in [0.1, 0.15) is 0 Å². The van der Waals surface area contributed by atoms with Crippen LogP contribution in [0.2, 0.25) is 10.0 Å². The van der Waals surface area contributed by atoms with E-state index in [1.54, 1.807) is 0 Å². The van der Waals surface area contributed by atoms with E-state index in [-0.39, 0.29) is 17.4 Å². The van der Waals surface area contributed by atoms with Gasteiger partial charge in [-0.3, -0.25) is 0 Å². The van der Waals surface area contributed by atoms with Gasteiger partial charge in [-0.15, -0.1) is 11.6 Å². The molecule has 0 amide bonds. The van der Waals surface area contributed by atoms with Crippen molar-refractivity contribution < 1.29 is 21.6 Å². The molecule has 20 heavy (non-hydrogen) atoms. The number of rotatable bonds is 6. The number of alkyl halides is 3. The second-order valence-corrected chi connectivity index (χ2v) is 6.69. The Morgan fingerprint density at radius 2 is 1.85 bits per heavy atom. The second-order valence-electron chi connectivity index (χ2n) is 3.62. The molecule has 0 aliphatic heterocycles. The molecule has 0 aromatic heterocycles. The van der Waals surface area contributed by atoms with Gasteiger partial charge in [0.25, 0.3) is 6.43 Å².